The van der Waals surface area contributed by atoms with Gasteiger partial charge >= 0.3 is 0 Å². The molecule has 0 bridgehead atoms. The summed E-state index contributed by atoms with van der Waals surface area (Å²) >= 11 is 0. The summed E-state index contributed by atoms with van der Waals surface area (Å²) in [6, 6.07) is 0.230. The average molecular weight is 213 g/mol. The van der Waals surface area contributed by atoms with E-state index in [-0.39, 0.29) is 12.0 Å². The van der Waals surface area contributed by atoms with Gasteiger partial charge in [0.25, 0.3) is 0 Å². The van der Waals surface area contributed by atoms with E-state index in [1.807, 2.05) is 6.92 Å². The molecule has 0 radical (unpaired) electrons. The number of aliphatic imine (C=N–C) groups is 2. The van der Waals surface area contributed by atoms with Crippen LogP contribution in [-0.2, 0) is 0 Å². The van der Waals surface area contributed by atoms with E-state index in [0.29, 0.717) is 5.96 Å². The van der Waals surface area contributed by atoms with Gasteiger partial charge in [-0.1, -0.05) is 26.2 Å². The first-order chi connectivity index (χ1) is 7.10. The second-order valence-electron chi connectivity index (χ2n) is 3.59. The fourth-order valence-corrected chi connectivity index (χ4v) is 1.21. The maximum absolute atomic E-state index is 5.63. The monoisotopic (exact) mass is 213 g/mol. The van der Waals surface area contributed by atoms with E-state index in [4.69, 9.17) is 11.5 Å². The first-order valence-corrected chi connectivity index (χ1v) is 5.42. The van der Waals surface area contributed by atoms with Gasteiger partial charge in [-0.3, -0.25) is 15.3 Å². The third-order valence-electron chi connectivity index (χ3n) is 2.08. The lowest BCUT2D eigenvalue weighted by Gasteiger charge is -2.08. The van der Waals surface area contributed by atoms with Gasteiger partial charge in [-0.15, -0.1) is 0 Å². The second kappa shape index (κ2) is 8.08. The van der Waals surface area contributed by atoms with Crippen LogP contribution in [0.2, 0.25) is 0 Å². The summed E-state index contributed by atoms with van der Waals surface area (Å²) in [6.07, 6.45) is 4.70. The number of rotatable bonds is 5. The predicted molar refractivity (Wildman–Crippen MR) is 65.9 cm³/mol. The van der Waals surface area contributed by atoms with Crippen molar-refractivity contribution in [2.24, 2.45) is 21.5 Å². The molecule has 0 saturated heterocycles. The summed E-state index contributed by atoms with van der Waals surface area (Å²) < 4.78 is 0. The Morgan fingerprint density at radius 2 is 1.93 bits per heavy atom. The third kappa shape index (κ3) is 7.78. The van der Waals surface area contributed by atoms with Crippen molar-refractivity contribution in [3.8, 4) is 0 Å². The van der Waals surface area contributed by atoms with Crippen molar-refractivity contribution in [1.29, 1.82) is 0 Å². The molecule has 0 heterocycles. The van der Waals surface area contributed by atoms with Gasteiger partial charge in [-0.25, -0.2) is 0 Å². The molecule has 88 valence electrons. The Labute approximate surface area is 92.0 Å². The minimum Gasteiger partial charge on any atom is -0.370 e. The Morgan fingerprint density at radius 1 is 1.27 bits per heavy atom. The van der Waals surface area contributed by atoms with Gasteiger partial charge in [0.2, 0.25) is 0 Å². The van der Waals surface area contributed by atoms with E-state index in [0.717, 1.165) is 6.42 Å². The molecule has 5 nitrogen and oxygen atoms in total. The molecule has 0 aromatic carbocycles. The molecule has 0 aliphatic carbocycles. The molecule has 1 atom stereocenters. The van der Waals surface area contributed by atoms with Crippen LogP contribution in [0.25, 0.3) is 0 Å². The molecule has 0 rings (SSSR count). The smallest absolute Gasteiger partial charge is 0.195 e. The maximum atomic E-state index is 5.63. The Morgan fingerprint density at radius 3 is 2.47 bits per heavy atom. The highest BCUT2D eigenvalue weighted by Crippen LogP contribution is 2.05. The molecule has 0 aliphatic heterocycles. The van der Waals surface area contributed by atoms with Gasteiger partial charge < -0.3 is 11.5 Å². The molecule has 0 aliphatic rings. The van der Waals surface area contributed by atoms with Crippen molar-refractivity contribution in [1.82, 2.24) is 5.32 Å². The standard InChI is InChI=1S/C10H23N5/c1-4-5-6-7-8(2)14-10(12)15-9(11)13-3/h8H,4-7H2,1-3H3,(H5,11,12,13,14,15). The fraction of sp³-hybridized carbons (Fsp3) is 0.800. The minimum atomic E-state index is 0.230. The van der Waals surface area contributed by atoms with Crippen LogP contribution in [0.5, 0.6) is 0 Å². The molecular formula is C10H23N5. The van der Waals surface area contributed by atoms with E-state index >= 15 is 0 Å². The van der Waals surface area contributed by atoms with E-state index in [1.165, 1.54) is 19.3 Å². The highest BCUT2D eigenvalue weighted by molar-refractivity contribution is 5.96. The molecule has 0 spiro atoms. The molecule has 0 amide bonds. The van der Waals surface area contributed by atoms with E-state index in [9.17, 15) is 0 Å². The summed E-state index contributed by atoms with van der Waals surface area (Å²) in [5, 5.41) is 2.71. The molecule has 1 unspecified atom stereocenters. The zero-order valence-electron chi connectivity index (χ0n) is 9.95. The van der Waals surface area contributed by atoms with Crippen molar-refractivity contribution in [3.05, 3.63) is 0 Å². The topological polar surface area (TPSA) is 88.8 Å². The van der Waals surface area contributed by atoms with Crippen molar-refractivity contribution in [2.75, 3.05) is 7.05 Å². The number of guanidine groups is 2. The van der Waals surface area contributed by atoms with E-state index in [1.54, 1.807) is 7.05 Å². The first-order valence-electron chi connectivity index (χ1n) is 5.42. The number of unbranched alkanes of at least 4 members (excludes halogenated alkanes) is 2. The van der Waals surface area contributed by atoms with Crippen LogP contribution in [0.3, 0.4) is 0 Å². The quantitative estimate of drug-likeness (QED) is 0.358. The zero-order valence-corrected chi connectivity index (χ0v) is 9.95. The average Bonchev–Trinajstić information content (AvgIpc) is 2.17. The minimum absolute atomic E-state index is 0.230. The van der Waals surface area contributed by atoms with Gasteiger partial charge in [0.05, 0.1) is 6.04 Å². The van der Waals surface area contributed by atoms with Crippen LogP contribution in [0.1, 0.15) is 39.5 Å². The van der Waals surface area contributed by atoms with Gasteiger partial charge in [0.1, 0.15) is 0 Å². The third-order valence-corrected chi connectivity index (χ3v) is 2.08. The van der Waals surface area contributed by atoms with Gasteiger partial charge in [-0.2, -0.15) is 0 Å². The Kier molecular flexibility index (Phi) is 7.40. The molecule has 0 aromatic heterocycles. The summed E-state index contributed by atoms with van der Waals surface area (Å²) in [7, 11) is 1.60. The molecule has 0 fully saturated rings. The molecular weight excluding hydrogens is 190 g/mol. The highest BCUT2D eigenvalue weighted by Gasteiger charge is 2.01. The number of nitrogens with two attached hydrogens (primary N) is 2. The lowest BCUT2D eigenvalue weighted by Crippen LogP contribution is -2.42. The predicted octanol–water partition coefficient (Wildman–Crippen LogP) is 0.804. The summed E-state index contributed by atoms with van der Waals surface area (Å²) in [4.78, 5) is 7.99. The fourth-order valence-electron chi connectivity index (χ4n) is 1.21. The van der Waals surface area contributed by atoms with E-state index < -0.39 is 0 Å². The molecule has 0 aromatic rings. The number of nitrogens with one attached hydrogen (secondary N) is 1. The Balaban J connectivity index is 3.89. The van der Waals surface area contributed by atoms with Gasteiger partial charge in [-0.05, 0) is 13.3 Å². The highest BCUT2D eigenvalue weighted by atomic mass is 15.2. The Hall–Kier alpha value is -1.26. The molecule has 5 N–H and O–H groups in total. The lowest BCUT2D eigenvalue weighted by atomic mass is 10.1. The van der Waals surface area contributed by atoms with Crippen LogP contribution in [0.15, 0.2) is 9.98 Å². The van der Waals surface area contributed by atoms with Crippen molar-refractivity contribution < 1.29 is 0 Å². The van der Waals surface area contributed by atoms with Gasteiger partial charge in [0.15, 0.2) is 11.9 Å². The van der Waals surface area contributed by atoms with Crippen LogP contribution in [-0.4, -0.2) is 25.0 Å². The van der Waals surface area contributed by atoms with Crippen molar-refractivity contribution in [2.45, 2.75) is 45.6 Å². The summed E-state index contributed by atoms with van der Waals surface area (Å²) in [6.45, 7) is 4.23. The molecule has 15 heavy (non-hydrogen) atoms. The molecule has 5 heteroatoms. The van der Waals surface area contributed by atoms with Crippen molar-refractivity contribution in [3.63, 3.8) is 0 Å². The number of nitrogens with zero attached hydrogens (tertiary/aromatic N) is 2. The SMILES string of the molecule is CCCCCC(C)N=C(N)NC(N)=NC. The largest absolute Gasteiger partial charge is 0.370 e. The molecule has 0 saturated carbocycles. The van der Waals surface area contributed by atoms with Crippen LogP contribution >= 0.6 is 0 Å². The lowest BCUT2D eigenvalue weighted by molar-refractivity contribution is 0.592. The van der Waals surface area contributed by atoms with E-state index in [2.05, 4.69) is 22.2 Å². The zero-order chi connectivity index (χ0) is 11.7. The normalized spacial score (nSPS) is 15.1. The maximum Gasteiger partial charge on any atom is 0.195 e. The first kappa shape index (κ1) is 13.7. The summed E-state index contributed by atoms with van der Waals surface area (Å²) in [5.74, 6) is 0.624. The second-order valence-corrected chi connectivity index (χ2v) is 3.59. The Bertz CT molecular complexity index is 222. The van der Waals surface area contributed by atoms with Gasteiger partial charge in [0, 0.05) is 7.05 Å². The van der Waals surface area contributed by atoms with Crippen molar-refractivity contribution >= 4 is 11.9 Å². The number of hydrogen-bond donors (Lipinski definition) is 3. The van der Waals surface area contributed by atoms with Crippen LogP contribution < -0.4 is 16.8 Å². The number of hydrogen-bond acceptors (Lipinski definition) is 2. The van der Waals surface area contributed by atoms with Crippen LogP contribution in [0.4, 0.5) is 0 Å². The van der Waals surface area contributed by atoms with Crippen LogP contribution in [0, 0.1) is 0 Å². The summed E-state index contributed by atoms with van der Waals surface area (Å²) in [5.41, 5.74) is 11.1.